The quantitative estimate of drug-likeness (QED) is 0.830. The van der Waals surface area contributed by atoms with E-state index in [0.29, 0.717) is 5.92 Å². The molecule has 1 aliphatic heterocycles. The van der Waals surface area contributed by atoms with Crippen molar-refractivity contribution in [3.63, 3.8) is 0 Å². The average Bonchev–Trinajstić information content (AvgIpc) is 2.91. The van der Waals surface area contributed by atoms with E-state index in [2.05, 4.69) is 19.2 Å². The Morgan fingerprint density at radius 3 is 2.75 bits per heavy atom. The Hall–Kier alpha value is -0.870. The Kier molecular flexibility index (Phi) is 5.22. The summed E-state index contributed by atoms with van der Waals surface area (Å²) in [5, 5.41) is 3.14. The molecular weight excluding hydrogens is 284 g/mol. The summed E-state index contributed by atoms with van der Waals surface area (Å²) in [5.41, 5.74) is 0. The number of hydrogen-bond acceptors (Lipinski definition) is 2. The highest BCUT2D eigenvalue weighted by Gasteiger charge is 2.29. The van der Waals surface area contributed by atoms with E-state index in [1.807, 2.05) is 0 Å². The largest absolute Gasteiger partial charge is 0.484 e. The SMILES string of the molecule is CC(C)C[C@H](Oc1c(F)ccc(Cl)c1F)[C@H]1CCNC1. The maximum atomic E-state index is 13.9. The number of nitrogens with one attached hydrogen (secondary N) is 1. The van der Waals surface area contributed by atoms with Crippen LogP contribution < -0.4 is 10.1 Å². The van der Waals surface area contributed by atoms with Gasteiger partial charge in [-0.25, -0.2) is 8.78 Å². The van der Waals surface area contributed by atoms with Crippen molar-refractivity contribution in [2.75, 3.05) is 13.1 Å². The van der Waals surface area contributed by atoms with Gasteiger partial charge in [-0.15, -0.1) is 0 Å². The highest BCUT2D eigenvalue weighted by atomic mass is 35.5. The second-order valence-corrected chi connectivity index (χ2v) is 6.12. The van der Waals surface area contributed by atoms with Gasteiger partial charge in [-0.05, 0) is 37.4 Å². The molecule has 0 saturated carbocycles. The second kappa shape index (κ2) is 6.72. The van der Waals surface area contributed by atoms with Gasteiger partial charge in [-0.2, -0.15) is 0 Å². The summed E-state index contributed by atoms with van der Waals surface area (Å²) in [4.78, 5) is 0. The molecule has 2 atom stereocenters. The van der Waals surface area contributed by atoms with Crippen molar-refractivity contribution >= 4 is 11.6 Å². The first-order valence-corrected chi connectivity index (χ1v) is 7.37. The Morgan fingerprint density at radius 1 is 1.40 bits per heavy atom. The fourth-order valence-electron chi connectivity index (χ4n) is 2.56. The van der Waals surface area contributed by atoms with Gasteiger partial charge in [0.2, 0.25) is 0 Å². The van der Waals surface area contributed by atoms with E-state index in [1.165, 1.54) is 6.07 Å². The number of benzene rings is 1. The molecule has 1 saturated heterocycles. The molecule has 1 aromatic carbocycles. The number of halogens is 3. The van der Waals surface area contributed by atoms with Gasteiger partial charge < -0.3 is 10.1 Å². The van der Waals surface area contributed by atoms with Crippen LogP contribution in [0.25, 0.3) is 0 Å². The van der Waals surface area contributed by atoms with E-state index in [0.717, 1.165) is 32.0 Å². The number of hydrogen-bond donors (Lipinski definition) is 1. The summed E-state index contributed by atoms with van der Waals surface area (Å²) in [5.74, 6) is -1.20. The molecule has 0 aliphatic carbocycles. The fraction of sp³-hybridized carbons (Fsp3) is 0.600. The Labute approximate surface area is 123 Å². The van der Waals surface area contributed by atoms with E-state index in [9.17, 15) is 8.78 Å². The van der Waals surface area contributed by atoms with Gasteiger partial charge in [0.15, 0.2) is 17.4 Å². The minimum Gasteiger partial charge on any atom is -0.484 e. The van der Waals surface area contributed by atoms with Crippen LogP contribution in [-0.2, 0) is 0 Å². The molecule has 0 aromatic heterocycles. The van der Waals surface area contributed by atoms with Crippen LogP contribution in [0.2, 0.25) is 5.02 Å². The van der Waals surface area contributed by atoms with Crippen LogP contribution in [0.15, 0.2) is 12.1 Å². The smallest absolute Gasteiger partial charge is 0.192 e. The van der Waals surface area contributed by atoms with E-state index in [-0.39, 0.29) is 22.8 Å². The molecular formula is C15H20ClF2NO. The Balaban J connectivity index is 2.20. The first kappa shape index (κ1) is 15.5. The van der Waals surface area contributed by atoms with Crippen LogP contribution in [0, 0.1) is 23.5 Å². The van der Waals surface area contributed by atoms with Gasteiger partial charge in [-0.3, -0.25) is 0 Å². The zero-order valence-electron chi connectivity index (χ0n) is 11.8. The van der Waals surface area contributed by atoms with Gasteiger partial charge in [0.25, 0.3) is 0 Å². The van der Waals surface area contributed by atoms with Gasteiger partial charge in [0, 0.05) is 12.5 Å². The summed E-state index contributed by atoms with van der Waals surface area (Å²) >= 11 is 5.70. The second-order valence-electron chi connectivity index (χ2n) is 5.71. The standard InChI is InChI=1S/C15H20ClF2NO/c1-9(2)7-13(10-5-6-19-8-10)20-15-12(17)4-3-11(16)14(15)18/h3-4,9-10,13,19H,5-8H2,1-2H3/t10-,13-/m0/s1. The Morgan fingerprint density at radius 2 is 2.15 bits per heavy atom. The zero-order valence-corrected chi connectivity index (χ0v) is 12.5. The lowest BCUT2D eigenvalue weighted by molar-refractivity contribution is 0.109. The maximum Gasteiger partial charge on any atom is 0.192 e. The summed E-state index contributed by atoms with van der Waals surface area (Å²) in [6, 6.07) is 2.34. The summed E-state index contributed by atoms with van der Waals surface area (Å²) in [6.07, 6.45) is 1.52. The van der Waals surface area contributed by atoms with Crippen molar-refractivity contribution in [3.05, 3.63) is 28.8 Å². The number of ether oxygens (including phenoxy) is 1. The molecule has 2 nitrogen and oxygen atoms in total. The van der Waals surface area contributed by atoms with Crippen molar-refractivity contribution in [3.8, 4) is 5.75 Å². The lowest BCUT2D eigenvalue weighted by atomic mass is 9.93. The van der Waals surface area contributed by atoms with Crippen molar-refractivity contribution in [2.24, 2.45) is 11.8 Å². The number of rotatable bonds is 5. The highest BCUT2D eigenvalue weighted by Crippen LogP contribution is 2.32. The highest BCUT2D eigenvalue weighted by molar-refractivity contribution is 6.30. The lowest BCUT2D eigenvalue weighted by Gasteiger charge is -2.26. The topological polar surface area (TPSA) is 21.3 Å². The minimum absolute atomic E-state index is 0.116. The van der Waals surface area contributed by atoms with Crippen LogP contribution in [0.5, 0.6) is 5.75 Å². The van der Waals surface area contributed by atoms with Gasteiger partial charge in [-0.1, -0.05) is 25.4 Å². The summed E-state index contributed by atoms with van der Waals surface area (Å²) < 4.78 is 33.4. The van der Waals surface area contributed by atoms with E-state index in [4.69, 9.17) is 16.3 Å². The molecule has 1 N–H and O–H groups in total. The van der Waals surface area contributed by atoms with Crippen LogP contribution in [0.3, 0.4) is 0 Å². The molecule has 1 heterocycles. The first-order chi connectivity index (χ1) is 9.49. The van der Waals surface area contributed by atoms with E-state index in [1.54, 1.807) is 0 Å². The first-order valence-electron chi connectivity index (χ1n) is 7.00. The van der Waals surface area contributed by atoms with E-state index < -0.39 is 11.6 Å². The van der Waals surface area contributed by atoms with Crippen molar-refractivity contribution in [1.29, 1.82) is 0 Å². The molecule has 20 heavy (non-hydrogen) atoms. The van der Waals surface area contributed by atoms with Crippen LogP contribution in [0.4, 0.5) is 8.78 Å². The van der Waals surface area contributed by atoms with Crippen LogP contribution in [0.1, 0.15) is 26.7 Å². The predicted octanol–water partition coefficient (Wildman–Crippen LogP) is 4.02. The monoisotopic (exact) mass is 303 g/mol. The van der Waals surface area contributed by atoms with Crippen molar-refractivity contribution < 1.29 is 13.5 Å². The van der Waals surface area contributed by atoms with Crippen molar-refractivity contribution in [2.45, 2.75) is 32.8 Å². The molecule has 0 spiro atoms. The van der Waals surface area contributed by atoms with Gasteiger partial charge in [0.1, 0.15) is 6.10 Å². The molecule has 112 valence electrons. The summed E-state index contributed by atoms with van der Waals surface area (Å²) in [6.45, 7) is 5.89. The van der Waals surface area contributed by atoms with Crippen molar-refractivity contribution in [1.82, 2.24) is 5.32 Å². The molecule has 5 heteroatoms. The normalized spacial score (nSPS) is 20.4. The minimum atomic E-state index is -0.814. The van der Waals surface area contributed by atoms with Crippen LogP contribution >= 0.6 is 11.6 Å². The third kappa shape index (κ3) is 3.61. The molecule has 0 radical (unpaired) electrons. The predicted molar refractivity (Wildman–Crippen MR) is 76.2 cm³/mol. The molecule has 2 rings (SSSR count). The lowest BCUT2D eigenvalue weighted by Crippen LogP contribution is -2.31. The van der Waals surface area contributed by atoms with E-state index >= 15 is 0 Å². The average molecular weight is 304 g/mol. The van der Waals surface area contributed by atoms with Gasteiger partial charge >= 0.3 is 0 Å². The fourth-order valence-corrected chi connectivity index (χ4v) is 2.71. The third-order valence-corrected chi connectivity index (χ3v) is 3.89. The molecule has 1 aliphatic rings. The third-order valence-electron chi connectivity index (χ3n) is 3.60. The molecule has 0 bridgehead atoms. The molecule has 0 amide bonds. The summed E-state index contributed by atoms with van der Waals surface area (Å²) in [7, 11) is 0. The van der Waals surface area contributed by atoms with Crippen LogP contribution in [-0.4, -0.2) is 19.2 Å². The van der Waals surface area contributed by atoms with Gasteiger partial charge in [0.05, 0.1) is 5.02 Å². The zero-order chi connectivity index (χ0) is 14.7. The Bertz CT molecular complexity index is 461. The molecule has 1 aromatic rings. The molecule has 0 unspecified atom stereocenters. The molecule has 1 fully saturated rings. The maximum absolute atomic E-state index is 13.9.